The molecule has 1 N–H and O–H groups in total. The number of esters is 1. The number of methoxy groups -OCH3 is 2. The summed E-state index contributed by atoms with van der Waals surface area (Å²) in [6, 6.07) is 8.57. The number of anilines is 1. The van der Waals surface area contributed by atoms with Gasteiger partial charge in [-0.15, -0.1) is 0 Å². The van der Waals surface area contributed by atoms with Gasteiger partial charge in [0, 0.05) is 11.3 Å². The molecule has 0 aromatic heterocycles. The molecule has 1 aliphatic heterocycles. The summed E-state index contributed by atoms with van der Waals surface area (Å²) in [6.07, 6.45) is -0.644. The molecule has 1 atom stereocenters. The van der Waals surface area contributed by atoms with Gasteiger partial charge < -0.3 is 19.5 Å². The van der Waals surface area contributed by atoms with Crippen molar-refractivity contribution in [1.29, 1.82) is 0 Å². The molecule has 0 saturated carbocycles. The summed E-state index contributed by atoms with van der Waals surface area (Å²) in [5.74, 6) is 0.347. The first kappa shape index (κ1) is 15.8. The van der Waals surface area contributed by atoms with E-state index in [0.29, 0.717) is 38.4 Å². The third-order valence-electron chi connectivity index (χ3n) is 3.51. The van der Waals surface area contributed by atoms with Gasteiger partial charge in [-0.2, -0.15) is 0 Å². The minimum Gasteiger partial charge on any atom is -0.493 e. The molecule has 5 nitrogen and oxygen atoms in total. The van der Waals surface area contributed by atoms with Crippen LogP contribution in [0, 0.1) is 0 Å². The molecule has 0 bridgehead atoms. The average molecular weight is 354 g/mol. The molecule has 0 radical (unpaired) electrons. The number of cyclic esters (lactones) is 1. The van der Waals surface area contributed by atoms with Gasteiger partial charge in [-0.1, -0.05) is 23.2 Å². The standard InChI is InChI=1S/C16H13Cl2NO4/c1-21-12-6-4-9-13(14(12)22-2)16(20)23-15(9)19-8-3-5-10(17)11(18)7-8/h3-7,15,19H,1-2H3/t15-/m1/s1. The van der Waals surface area contributed by atoms with Crippen LogP contribution in [0.2, 0.25) is 10.0 Å². The molecule has 0 aliphatic carbocycles. The Balaban J connectivity index is 1.97. The molecule has 1 heterocycles. The molecule has 2 aromatic carbocycles. The van der Waals surface area contributed by atoms with Crippen LogP contribution < -0.4 is 14.8 Å². The van der Waals surface area contributed by atoms with Gasteiger partial charge >= 0.3 is 5.97 Å². The zero-order valence-corrected chi connectivity index (χ0v) is 13.9. The van der Waals surface area contributed by atoms with Crippen molar-refractivity contribution in [2.75, 3.05) is 19.5 Å². The van der Waals surface area contributed by atoms with Crippen molar-refractivity contribution in [3.8, 4) is 11.5 Å². The zero-order valence-electron chi connectivity index (χ0n) is 12.4. The van der Waals surface area contributed by atoms with Crippen LogP contribution in [0.3, 0.4) is 0 Å². The summed E-state index contributed by atoms with van der Waals surface area (Å²) in [4.78, 5) is 12.2. The Morgan fingerprint density at radius 2 is 1.87 bits per heavy atom. The second kappa shape index (κ2) is 6.18. The Bertz CT molecular complexity index is 779. The number of ether oxygens (including phenoxy) is 3. The van der Waals surface area contributed by atoms with E-state index in [9.17, 15) is 4.79 Å². The Hall–Kier alpha value is -2.11. The molecule has 23 heavy (non-hydrogen) atoms. The number of fused-ring (bicyclic) bond motifs is 1. The molecule has 0 amide bonds. The molecular weight excluding hydrogens is 341 g/mol. The van der Waals surface area contributed by atoms with Crippen LogP contribution >= 0.6 is 23.2 Å². The first-order chi connectivity index (χ1) is 11.0. The molecule has 1 aliphatic rings. The molecule has 0 fully saturated rings. The summed E-state index contributed by atoms with van der Waals surface area (Å²) in [6.45, 7) is 0. The van der Waals surface area contributed by atoms with Gasteiger partial charge in [-0.25, -0.2) is 4.79 Å². The van der Waals surface area contributed by atoms with Gasteiger partial charge in [-0.3, -0.25) is 0 Å². The predicted molar refractivity (Wildman–Crippen MR) is 87.8 cm³/mol. The normalized spacial score (nSPS) is 15.8. The number of hydrogen-bond acceptors (Lipinski definition) is 5. The Labute approximate surface area is 143 Å². The maximum Gasteiger partial charge on any atom is 0.344 e. The van der Waals surface area contributed by atoms with Crippen LogP contribution in [0.25, 0.3) is 0 Å². The second-order valence-electron chi connectivity index (χ2n) is 4.82. The van der Waals surface area contributed by atoms with Gasteiger partial charge in [-0.05, 0) is 30.3 Å². The maximum atomic E-state index is 12.2. The van der Waals surface area contributed by atoms with E-state index in [1.54, 1.807) is 30.3 Å². The van der Waals surface area contributed by atoms with E-state index < -0.39 is 12.2 Å². The van der Waals surface area contributed by atoms with E-state index in [1.165, 1.54) is 14.2 Å². The Morgan fingerprint density at radius 3 is 2.52 bits per heavy atom. The molecule has 0 unspecified atom stereocenters. The predicted octanol–water partition coefficient (Wildman–Crippen LogP) is 4.29. The number of halogens is 2. The smallest absolute Gasteiger partial charge is 0.344 e. The Kier molecular flexibility index (Phi) is 4.24. The van der Waals surface area contributed by atoms with Crippen LogP contribution in [0.4, 0.5) is 5.69 Å². The van der Waals surface area contributed by atoms with E-state index in [-0.39, 0.29) is 0 Å². The topological polar surface area (TPSA) is 56.8 Å². The van der Waals surface area contributed by atoms with E-state index in [1.807, 2.05) is 0 Å². The number of hydrogen-bond donors (Lipinski definition) is 1. The maximum absolute atomic E-state index is 12.2. The van der Waals surface area contributed by atoms with Crippen molar-refractivity contribution in [3.05, 3.63) is 51.5 Å². The zero-order chi connectivity index (χ0) is 16.6. The average Bonchev–Trinajstić information content (AvgIpc) is 2.86. The third kappa shape index (κ3) is 2.78. The number of nitrogens with one attached hydrogen (secondary N) is 1. The highest BCUT2D eigenvalue weighted by Gasteiger charge is 2.35. The van der Waals surface area contributed by atoms with Crippen molar-refractivity contribution in [3.63, 3.8) is 0 Å². The van der Waals surface area contributed by atoms with Gasteiger partial charge in [0.2, 0.25) is 6.23 Å². The van der Waals surface area contributed by atoms with Crippen molar-refractivity contribution in [2.24, 2.45) is 0 Å². The van der Waals surface area contributed by atoms with E-state index >= 15 is 0 Å². The largest absolute Gasteiger partial charge is 0.493 e. The molecule has 2 aromatic rings. The van der Waals surface area contributed by atoms with Crippen LogP contribution in [-0.2, 0) is 4.74 Å². The van der Waals surface area contributed by atoms with Crippen molar-refractivity contribution >= 4 is 34.9 Å². The number of rotatable bonds is 4. The minimum atomic E-state index is -0.644. The minimum absolute atomic E-state index is 0.351. The third-order valence-corrected chi connectivity index (χ3v) is 4.25. The Morgan fingerprint density at radius 1 is 1.09 bits per heavy atom. The number of carbonyl (C=O) groups is 1. The summed E-state index contributed by atoms with van der Waals surface area (Å²) >= 11 is 11.9. The van der Waals surface area contributed by atoms with Crippen molar-refractivity contribution in [2.45, 2.75) is 6.23 Å². The fourth-order valence-electron chi connectivity index (χ4n) is 2.45. The fourth-order valence-corrected chi connectivity index (χ4v) is 2.74. The van der Waals surface area contributed by atoms with Gasteiger partial charge in [0.15, 0.2) is 11.5 Å². The SMILES string of the molecule is COc1ccc2c(c1OC)C(=O)O[C@H]2Nc1ccc(Cl)c(Cl)c1. The highest BCUT2D eigenvalue weighted by atomic mass is 35.5. The molecule has 120 valence electrons. The highest BCUT2D eigenvalue weighted by Crippen LogP contribution is 2.42. The van der Waals surface area contributed by atoms with E-state index in [2.05, 4.69) is 5.32 Å². The molecule has 7 heteroatoms. The number of benzene rings is 2. The van der Waals surface area contributed by atoms with Crippen molar-refractivity contribution < 1.29 is 19.0 Å². The molecular formula is C16H13Cl2NO4. The van der Waals surface area contributed by atoms with Crippen LogP contribution in [-0.4, -0.2) is 20.2 Å². The van der Waals surface area contributed by atoms with Crippen LogP contribution in [0.15, 0.2) is 30.3 Å². The quantitative estimate of drug-likeness (QED) is 0.830. The molecule has 0 saturated heterocycles. The first-order valence-electron chi connectivity index (χ1n) is 6.72. The lowest BCUT2D eigenvalue weighted by Crippen LogP contribution is -2.10. The van der Waals surface area contributed by atoms with E-state index in [0.717, 1.165) is 0 Å². The van der Waals surface area contributed by atoms with Crippen LogP contribution in [0.5, 0.6) is 11.5 Å². The lowest BCUT2D eigenvalue weighted by atomic mass is 10.1. The summed E-state index contributed by atoms with van der Waals surface area (Å²) in [5.41, 5.74) is 1.70. The van der Waals surface area contributed by atoms with Gasteiger partial charge in [0.1, 0.15) is 5.56 Å². The van der Waals surface area contributed by atoms with Gasteiger partial charge in [0.25, 0.3) is 0 Å². The molecule has 3 rings (SSSR count). The van der Waals surface area contributed by atoms with Crippen LogP contribution in [0.1, 0.15) is 22.1 Å². The van der Waals surface area contributed by atoms with E-state index in [4.69, 9.17) is 37.4 Å². The lowest BCUT2D eigenvalue weighted by molar-refractivity contribution is 0.0435. The lowest BCUT2D eigenvalue weighted by Gasteiger charge is -2.15. The second-order valence-corrected chi connectivity index (χ2v) is 5.64. The highest BCUT2D eigenvalue weighted by molar-refractivity contribution is 6.42. The summed E-state index contributed by atoms with van der Waals surface area (Å²) in [5, 5.41) is 3.96. The fraction of sp³-hybridized carbons (Fsp3) is 0.188. The van der Waals surface area contributed by atoms with Crippen molar-refractivity contribution in [1.82, 2.24) is 0 Å². The monoisotopic (exact) mass is 353 g/mol. The summed E-state index contributed by atoms with van der Waals surface area (Å²) < 4.78 is 15.9. The number of carbonyl (C=O) groups excluding carboxylic acids is 1. The first-order valence-corrected chi connectivity index (χ1v) is 7.48. The summed E-state index contributed by atoms with van der Waals surface area (Å²) in [7, 11) is 2.99. The molecule has 0 spiro atoms. The van der Waals surface area contributed by atoms with Gasteiger partial charge in [0.05, 0.1) is 24.3 Å².